The van der Waals surface area contributed by atoms with E-state index in [1.807, 2.05) is 30.3 Å². The maximum atomic E-state index is 11.7. The molecular weight excluding hydrogens is 438 g/mol. The highest BCUT2D eigenvalue weighted by Gasteiger charge is 2.58. The van der Waals surface area contributed by atoms with Gasteiger partial charge in [0.1, 0.15) is 18.3 Å². The molecule has 0 saturated carbocycles. The number of benzene rings is 1. The van der Waals surface area contributed by atoms with E-state index in [2.05, 4.69) is 38.8 Å². The van der Waals surface area contributed by atoms with Crippen molar-refractivity contribution in [3.8, 4) is 5.88 Å². The van der Waals surface area contributed by atoms with Crippen LogP contribution in [0.15, 0.2) is 48.7 Å². The molecule has 1 N–H and O–H groups in total. The van der Waals surface area contributed by atoms with Crippen LogP contribution < -0.4 is 4.74 Å². The number of ether oxygens (including phenoxy) is 4. The molecule has 0 aliphatic carbocycles. The third kappa shape index (κ3) is 5.64. The van der Waals surface area contributed by atoms with Gasteiger partial charge in [0.15, 0.2) is 8.32 Å². The number of nitrogens with zero attached hydrogens (tertiary/aromatic N) is 1. The standard InChI is InChI=1S/C25H37NO6Si/c1-24(2,3)33(6,7)32-22-20(17-30-16-18-11-9-8-10-12-18)31-25(27,23(22)29-5)19-13-14-21(28-4)26-15-19/h8-15,20,22-23,27H,16-17H2,1-7H3/t20?,22?,23?,25-/m1/s1. The van der Waals surface area contributed by atoms with Crippen LogP contribution in [0.25, 0.3) is 0 Å². The first-order valence-electron chi connectivity index (χ1n) is 11.2. The summed E-state index contributed by atoms with van der Waals surface area (Å²) in [7, 11) is 0.893. The molecule has 1 aliphatic heterocycles. The van der Waals surface area contributed by atoms with Crippen molar-refractivity contribution in [2.24, 2.45) is 0 Å². The Balaban J connectivity index is 1.88. The third-order valence-electron chi connectivity index (χ3n) is 6.63. The minimum atomic E-state index is -2.21. The molecule has 3 rings (SSSR count). The molecule has 1 saturated heterocycles. The smallest absolute Gasteiger partial charge is 0.224 e. The quantitative estimate of drug-likeness (QED) is 0.543. The molecule has 7 nitrogen and oxygen atoms in total. The van der Waals surface area contributed by atoms with E-state index in [0.717, 1.165) is 5.56 Å². The zero-order valence-electron chi connectivity index (χ0n) is 20.7. The van der Waals surface area contributed by atoms with Crippen molar-refractivity contribution >= 4 is 8.32 Å². The Morgan fingerprint density at radius 3 is 2.33 bits per heavy atom. The minimum absolute atomic E-state index is 0.0247. The van der Waals surface area contributed by atoms with Crippen LogP contribution >= 0.6 is 0 Å². The van der Waals surface area contributed by atoms with Crippen molar-refractivity contribution < 1.29 is 28.5 Å². The molecule has 1 aromatic carbocycles. The molecule has 0 spiro atoms. The Morgan fingerprint density at radius 1 is 1.09 bits per heavy atom. The second-order valence-corrected chi connectivity index (χ2v) is 14.7. The van der Waals surface area contributed by atoms with Gasteiger partial charge in [-0.1, -0.05) is 51.1 Å². The number of rotatable bonds is 9. The van der Waals surface area contributed by atoms with Gasteiger partial charge in [-0.05, 0) is 29.8 Å². The lowest BCUT2D eigenvalue weighted by Crippen LogP contribution is -2.51. The predicted octanol–water partition coefficient (Wildman–Crippen LogP) is 4.26. The summed E-state index contributed by atoms with van der Waals surface area (Å²) < 4.78 is 30.0. The van der Waals surface area contributed by atoms with E-state index in [9.17, 15) is 5.11 Å². The Kier molecular flexibility index (Phi) is 7.98. The van der Waals surface area contributed by atoms with Crippen LogP contribution in [-0.4, -0.2) is 57.5 Å². The Morgan fingerprint density at radius 2 is 1.79 bits per heavy atom. The molecular formula is C25H37NO6Si. The minimum Gasteiger partial charge on any atom is -0.481 e. The van der Waals surface area contributed by atoms with Crippen molar-refractivity contribution in [1.82, 2.24) is 4.98 Å². The first-order chi connectivity index (χ1) is 15.5. The summed E-state index contributed by atoms with van der Waals surface area (Å²) in [5, 5.41) is 11.7. The molecule has 0 radical (unpaired) electrons. The predicted molar refractivity (Wildman–Crippen MR) is 129 cm³/mol. The number of hydrogen-bond donors (Lipinski definition) is 1. The molecule has 0 bridgehead atoms. The number of methoxy groups -OCH3 is 2. The SMILES string of the molecule is COc1ccc([C@@]2(O)OC(COCc3ccccc3)C(O[Si](C)(C)C(C)(C)C)C2OC)cn1. The first kappa shape index (κ1) is 25.8. The lowest BCUT2D eigenvalue weighted by atomic mass is 9.99. The van der Waals surface area contributed by atoms with E-state index in [4.69, 9.17) is 23.4 Å². The van der Waals surface area contributed by atoms with Gasteiger partial charge in [0, 0.05) is 24.9 Å². The summed E-state index contributed by atoms with van der Waals surface area (Å²) in [5.41, 5.74) is 1.54. The first-order valence-corrected chi connectivity index (χ1v) is 14.2. The van der Waals surface area contributed by atoms with Gasteiger partial charge in [0.2, 0.25) is 11.7 Å². The lowest BCUT2D eigenvalue weighted by molar-refractivity contribution is -0.246. The Hall–Kier alpha value is -1.81. The summed E-state index contributed by atoms with van der Waals surface area (Å²) in [6.45, 7) is 11.6. The lowest BCUT2D eigenvalue weighted by Gasteiger charge is -2.40. The highest BCUT2D eigenvalue weighted by Crippen LogP contribution is 2.45. The maximum absolute atomic E-state index is 11.7. The highest BCUT2D eigenvalue weighted by molar-refractivity contribution is 6.74. The molecule has 4 atom stereocenters. The van der Waals surface area contributed by atoms with Crippen LogP contribution in [0.3, 0.4) is 0 Å². The number of pyridine rings is 1. The highest BCUT2D eigenvalue weighted by atomic mass is 28.4. The summed E-state index contributed by atoms with van der Waals surface area (Å²) in [6, 6.07) is 13.4. The van der Waals surface area contributed by atoms with Crippen molar-refractivity contribution in [2.45, 2.75) is 69.6 Å². The van der Waals surface area contributed by atoms with Gasteiger partial charge in [-0.3, -0.25) is 0 Å². The van der Waals surface area contributed by atoms with Gasteiger partial charge in [0.25, 0.3) is 0 Å². The van der Waals surface area contributed by atoms with E-state index in [1.165, 1.54) is 0 Å². The van der Waals surface area contributed by atoms with Gasteiger partial charge in [0.05, 0.1) is 20.3 Å². The average molecular weight is 476 g/mol. The van der Waals surface area contributed by atoms with Crippen molar-refractivity contribution in [1.29, 1.82) is 0 Å². The van der Waals surface area contributed by atoms with Crippen LogP contribution in [0, 0.1) is 0 Å². The largest absolute Gasteiger partial charge is 0.481 e. The Bertz CT molecular complexity index is 886. The van der Waals surface area contributed by atoms with Gasteiger partial charge in [-0.25, -0.2) is 4.98 Å². The monoisotopic (exact) mass is 475 g/mol. The van der Waals surface area contributed by atoms with Crippen LogP contribution in [0.1, 0.15) is 31.9 Å². The van der Waals surface area contributed by atoms with E-state index >= 15 is 0 Å². The topological polar surface area (TPSA) is 79.3 Å². The number of aliphatic hydroxyl groups is 1. The summed E-state index contributed by atoms with van der Waals surface area (Å²) in [6.07, 6.45) is -0.257. The van der Waals surface area contributed by atoms with Crippen LogP contribution in [0.2, 0.25) is 18.1 Å². The zero-order chi connectivity index (χ0) is 24.3. The molecule has 0 amide bonds. The van der Waals surface area contributed by atoms with Crippen LogP contribution in [-0.2, 0) is 31.0 Å². The third-order valence-corrected chi connectivity index (χ3v) is 11.1. The molecule has 1 aromatic heterocycles. The van der Waals surface area contributed by atoms with E-state index < -0.39 is 32.4 Å². The van der Waals surface area contributed by atoms with Crippen molar-refractivity contribution in [3.05, 3.63) is 59.8 Å². The van der Waals surface area contributed by atoms with Crippen molar-refractivity contribution in [2.75, 3.05) is 20.8 Å². The molecule has 182 valence electrons. The van der Waals surface area contributed by atoms with E-state index in [1.54, 1.807) is 32.5 Å². The maximum Gasteiger partial charge on any atom is 0.224 e. The molecule has 8 heteroatoms. The summed E-state index contributed by atoms with van der Waals surface area (Å²) in [4.78, 5) is 4.24. The number of aromatic nitrogens is 1. The van der Waals surface area contributed by atoms with Crippen LogP contribution in [0.4, 0.5) is 0 Å². The fraction of sp³-hybridized carbons (Fsp3) is 0.560. The molecule has 33 heavy (non-hydrogen) atoms. The normalized spacial score (nSPS) is 25.9. The molecule has 2 aromatic rings. The summed E-state index contributed by atoms with van der Waals surface area (Å²) >= 11 is 0. The molecule has 2 heterocycles. The molecule has 1 aliphatic rings. The van der Waals surface area contributed by atoms with Gasteiger partial charge < -0.3 is 28.5 Å². The molecule has 3 unspecified atom stereocenters. The number of hydrogen-bond acceptors (Lipinski definition) is 7. The summed E-state index contributed by atoms with van der Waals surface area (Å²) in [5.74, 6) is -1.28. The average Bonchev–Trinajstić information content (AvgIpc) is 3.04. The van der Waals surface area contributed by atoms with Gasteiger partial charge >= 0.3 is 0 Å². The van der Waals surface area contributed by atoms with Crippen molar-refractivity contribution in [3.63, 3.8) is 0 Å². The Labute approximate surface area is 198 Å². The van der Waals surface area contributed by atoms with Crippen LogP contribution in [0.5, 0.6) is 5.88 Å². The van der Waals surface area contributed by atoms with E-state index in [0.29, 0.717) is 18.1 Å². The second kappa shape index (κ2) is 10.2. The molecule has 1 fully saturated rings. The van der Waals surface area contributed by atoms with Gasteiger partial charge in [-0.2, -0.15) is 0 Å². The fourth-order valence-electron chi connectivity index (χ4n) is 3.67. The van der Waals surface area contributed by atoms with Gasteiger partial charge in [-0.15, -0.1) is 0 Å². The zero-order valence-corrected chi connectivity index (χ0v) is 21.7. The van der Waals surface area contributed by atoms with E-state index in [-0.39, 0.29) is 11.6 Å². The second-order valence-electron chi connectivity index (χ2n) is 9.94. The fourth-order valence-corrected chi connectivity index (χ4v) is 4.98.